The number of amides is 1. The van der Waals surface area contributed by atoms with Crippen molar-refractivity contribution >= 4 is 40.5 Å². The van der Waals surface area contributed by atoms with Gasteiger partial charge in [0.05, 0.1) is 17.8 Å². The Balaban J connectivity index is 2.22. The van der Waals surface area contributed by atoms with Gasteiger partial charge in [-0.25, -0.2) is 9.18 Å². The summed E-state index contributed by atoms with van der Waals surface area (Å²) in [6.07, 6.45) is 0. The molecule has 104 valence electrons. The van der Waals surface area contributed by atoms with E-state index in [1.807, 2.05) is 0 Å². The molecular formula is C13H9ClFNO3S. The molecule has 0 aliphatic carbocycles. The number of methoxy groups -OCH3 is 1. The molecule has 7 heteroatoms. The molecule has 0 bridgehead atoms. The van der Waals surface area contributed by atoms with Crippen LogP contribution in [0, 0.1) is 5.82 Å². The van der Waals surface area contributed by atoms with Crippen molar-refractivity contribution in [3.05, 3.63) is 50.9 Å². The lowest BCUT2D eigenvalue weighted by molar-refractivity contribution is 0.0607. The van der Waals surface area contributed by atoms with Gasteiger partial charge < -0.3 is 10.1 Å². The van der Waals surface area contributed by atoms with E-state index in [1.165, 1.54) is 19.2 Å². The van der Waals surface area contributed by atoms with E-state index in [0.717, 1.165) is 17.4 Å². The van der Waals surface area contributed by atoms with E-state index >= 15 is 0 Å². The fourth-order valence-corrected chi connectivity index (χ4v) is 2.44. The van der Waals surface area contributed by atoms with Gasteiger partial charge in [0.1, 0.15) is 10.7 Å². The Hall–Kier alpha value is -1.92. The van der Waals surface area contributed by atoms with Crippen LogP contribution in [0.2, 0.25) is 5.02 Å². The number of hydrogen-bond acceptors (Lipinski definition) is 4. The Labute approximate surface area is 123 Å². The normalized spacial score (nSPS) is 10.2. The van der Waals surface area contributed by atoms with Gasteiger partial charge in [0.15, 0.2) is 0 Å². The van der Waals surface area contributed by atoms with Crippen molar-refractivity contribution in [3.8, 4) is 0 Å². The molecule has 0 aliphatic rings. The maximum absolute atomic E-state index is 13.0. The molecule has 1 aromatic heterocycles. The van der Waals surface area contributed by atoms with Crippen LogP contribution in [0.25, 0.3) is 0 Å². The highest BCUT2D eigenvalue weighted by Crippen LogP contribution is 2.24. The van der Waals surface area contributed by atoms with Gasteiger partial charge in [-0.15, -0.1) is 11.3 Å². The molecule has 4 nitrogen and oxygen atoms in total. The number of nitrogens with one attached hydrogen (secondary N) is 1. The van der Waals surface area contributed by atoms with Gasteiger partial charge in [0.25, 0.3) is 5.91 Å². The third-order valence-corrected chi connectivity index (χ3v) is 3.65. The topological polar surface area (TPSA) is 55.4 Å². The summed E-state index contributed by atoms with van der Waals surface area (Å²) >= 11 is 6.77. The van der Waals surface area contributed by atoms with Gasteiger partial charge in [-0.1, -0.05) is 11.6 Å². The zero-order valence-corrected chi connectivity index (χ0v) is 11.8. The summed E-state index contributed by atoms with van der Waals surface area (Å²) in [4.78, 5) is 23.8. The number of carbonyl (C=O) groups is 2. The van der Waals surface area contributed by atoms with Gasteiger partial charge in [0.2, 0.25) is 0 Å². The van der Waals surface area contributed by atoms with Crippen molar-refractivity contribution in [1.82, 2.24) is 0 Å². The number of hydrogen-bond donors (Lipinski definition) is 1. The molecule has 1 amide bonds. The highest BCUT2D eigenvalue weighted by atomic mass is 35.5. The predicted molar refractivity (Wildman–Crippen MR) is 75.0 cm³/mol. The lowest BCUT2D eigenvalue weighted by atomic mass is 10.2. The van der Waals surface area contributed by atoms with Crippen molar-refractivity contribution in [2.45, 2.75) is 0 Å². The van der Waals surface area contributed by atoms with E-state index in [4.69, 9.17) is 11.6 Å². The number of esters is 1. The van der Waals surface area contributed by atoms with Crippen molar-refractivity contribution in [1.29, 1.82) is 0 Å². The van der Waals surface area contributed by atoms with Crippen molar-refractivity contribution in [2.24, 2.45) is 0 Å². The monoisotopic (exact) mass is 313 g/mol. The Bertz CT molecular complexity index is 671. The van der Waals surface area contributed by atoms with Gasteiger partial charge >= 0.3 is 5.97 Å². The third kappa shape index (κ3) is 2.97. The van der Waals surface area contributed by atoms with Crippen molar-refractivity contribution in [2.75, 3.05) is 12.4 Å². The molecule has 0 aliphatic heterocycles. The first-order chi connectivity index (χ1) is 9.52. The van der Waals surface area contributed by atoms with E-state index < -0.39 is 17.7 Å². The molecule has 0 spiro atoms. The summed E-state index contributed by atoms with van der Waals surface area (Å²) < 4.78 is 17.6. The molecule has 1 aromatic carbocycles. The first-order valence-corrected chi connectivity index (χ1v) is 6.71. The summed E-state index contributed by atoms with van der Waals surface area (Å²) in [5.41, 5.74) is 0.533. The number of halogens is 2. The number of carbonyl (C=O) groups excluding carboxylic acids is 2. The minimum atomic E-state index is -0.603. The second kappa shape index (κ2) is 6.02. The van der Waals surface area contributed by atoms with E-state index in [-0.39, 0.29) is 15.5 Å². The first kappa shape index (κ1) is 14.5. The van der Waals surface area contributed by atoms with E-state index in [2.05, 4.69) is 10.1 Å². The second-order valence-electron chi connectivity index (χ2n) is 3.74. The molecule has 0 unspecified atom stereocenters. The minimum absolute atomic E-state index is 0.142. The standard InChI is InChI=1S/C13H9ClFNO3S/c1-19-13(18)11-10(4-5-20-11)16-12(17)7-2-3-9(15)8(14)6-7/h2-6H,1H3,(H,16,17). The van der Waals surface area contributed by atoms with E-state index in [0.29, 0.717) is 5.69 Å². The molecule has 0 fully saturated rings. The van der Waals surface area contributed by atoms with Gasteiger partial charge in [-0.3, -0.25) is 4.79 Å². The maximum Gasteiger partial charge on any atom is 0.350 e. The first-order valence-electron chi connectivity index (χ1n) is 5.45. The average Bonchev–Trinajstić information content (AvgIpc) is 2.89. The van der Waals surface area contributed by atoms with Crippen LogP contribution in [0.1, 0.15) is 20.0 Å². The number of rotatable bonds is 3. The Morgan fingerprint density at radius 2 is 2.10 bits per heavy atom. The molecule has 0 radical (unpaired) electrons. The van der Waals surface area contributed by atoms with Crippen LogP contribution in [0.3, 0.4) is 0 Å². The summed E-state index contributed by atoms with van der Waals surface area (Å²) in [7, 11) is 1.26. The smallest absolute Gasteiger partial charge is 0.350 e. The third-order valence-electron chi connectivity index (χ3n) is 2.47. The number of benzene rings is 1. The SMILES string of the molecule is COC(=O)c1sccc1NC(=O)c1ccc(F)c(Cl)c1. The van der Waals surface area contributed by atoms with Crippen LogP contribution in [0.15, 0.2) is 29.6 Å². The lowest BCUT2D eigenvalue weighted by Gasteiger charge is -2.06. The Morgan fingerprint density at radius 1 is 1.35 bits per heavy atom. The van der Waals surface area contributed by atoms with E-state index in [1.54, 1.807) is 11.4 Å². The van der Waals surface area contributed by atoms with Crippen LogP contribution >= 0.6 is 22.9 Å². The summed E-state index contributed by atoms with van der Waals surface area (Å²) in [5, 5.41) is 4.07. The molecule has 0 atom stereocenters. The molecule has 1 heterocycles. The molecular weight excluding hydrogens is 305 g/mol. The summed E-state index contributed by atoms with van der Waals surface area (Å²) in [5.74, 6) is -1.63. The zero-order valence-electron chi connectivity index (χ0n) is 10.3. The van der Waals surface area contributed by atoms with Crippen molar-refractivity contribution in [3.63, 3.8) is 0 Å². The Kier molecular flexibility index (Phi) is 4.36. The number of anilines is 1. The maximum atomic E-state index is 13.0. The second-order valence-corrected chi connectivity index (χ2v) is 5.06. The number of ether oxygens (including phenoxy) is 1. The molecule has 20 heavy (non-hydrogen) atoms. The van der Waals surface area contributed by atoms with Crippen LogP contribution in [-0.4, -0.2) is 19.0 Å². The molecule has 2 rings (SSSR count). The Morgan fingerprint density at radius 3 is 2.75 bits per heavy atom. The predicted octanol–water partition coefficient (Wildman–Crippen LogP) is 3.58. The van der Waals surface area contributed by atoms with Crippen LogP contribution < -0.4 is 5.32 Å². The van der Waals surface area contributed by atoms with Gasteiger partial charge in [-0.05, 0) is 29.6 Å². The van der Waals surface area contributed by atoms with Crippen LogP contribution in [-0.2, 0) is 4.74 Å². The largest absolute Gasteiger partial charge is 0.465 e. The fraction of sp³-hybridized carbons (Fsp3) is 0.0769. The number of thiophene rings is 1. The summed E-state index contributed by atoms with van der Waals surface area (Å²) in [6, 6.07) is 5.21. The molecule has 0 saturated carbocycles. The quantitative estimate of drug-likeness (QED) is 0.881. The zero-order chi connectivity index (χ0) is 14.7. The van der Waals surface area contributed by atoms with Crippen LogP contribution in [0.5, 0.6) is 0 Å². The summed E-state index contributed by atoms with van der Waals surface area (Å²) in [6.45, 7) is 0. The average molecular weight is 314 g/mol. The highest BCUT2D eigenvalue weighted by Gasteiger charge is 2.16. The lowest BCUT2D eigenvalue weighted by Crippen LogP contribution is -2.14. The fourth-order valence-electron chi connectivity index (χ4n) is 1.49. The molecule has 2 aromatic rings. The van der Waals surface area contributed by atoms with Gasteiger partial charge in [-0.2, -0.15) is 0 Å². The highest BCUT2D eigenvalue weighted by molar-refractivity contribution is 7.12. The van der Waals surface area contributed by atoms with Crippen molar-refractivity contribution < 1.29 is 18.7 Å². The van der Waals surface area contributed by atoms with Gasteiger partial charge in [0, 0.05) is 5.56 Å². The minimum Gasteiger partial charge on any atom is -0.465 e. The van der Waals surface area contributed by atoms with E-state index in [9.17, 15) is 14.0 Å². The molecule has 1 N–H and O–H groups in total. The molecule has 0 saturated heterocycles. The van der Waals surface area contributed by atoms with Crippen LogP contribution in [0.4, 0.5) is 10.1 Å².